The molecule has 2 N–H and O–H groups in total. The summed E-state index contributed by atoms with van der Waals surface area (Å²) in [5.41, 5.74) is -0.157. The van der Waals surface area contributed by atoms with Gasteiger partial charge in [0, 0.05) is 64.9 Å². The van der Waals surface area contributed by atoms with Crippen molar-refractivity contribution in [3.8, 4) is 0 Å². The van der Waals surface area contributed by atoms with E-state index in [1.54, 1.807) is 7.11 Å². The summed E-state index contributed by atoms with van der Waals surface area (Å²) in [7, 11) is 1.80. The van der Waals surface area contributed by atoms with Gasteiger partial charge in [-0.2, -0.15) is 0 Å². The highest BCUT2D eigenvalue weighted by Crippen LogP contribution is 2.29. The topological polar surface area (TPSA) is 58.1 Å². The van der Waals surface area contributed by atoms with Gasteiger partial charge >= 0.3 is 0 Å². The number of likely N-dealkylation sites (tertiary alicyclic amines) is 1. The van der Waals surface area contributed by atoms with E-state index in [1.165, 1.54) is 38.8 Å². The highest BCUT2D eigenvalue weighted by atomic mass is 16.5. The second-order valence-corrected chi connectivity index (χ2v) is 7.38. The van der Waals surface area contributed by atoms with Gasteiger partial charge in [-0.25, -0.2) is 0 Å². The van der Waals surface area contributed by atoms with Gasteiger partial charge in [-0.05, 0) is 32.6 Å². The fourth-order valence-electron chi connectivity index (χ4n) is 3.76. The standard InChI is InChI=1S/C18H34N4O2/c1-3-19-17(20-14-18(23-2)8-12-24-13-9-18)21-15-6-10-22(11-7-15)16-4-5-16/h15-16H,3-14H2,1-2H3,(H2,19,20,21). The normalized spacial score (nSPS) is 26.3. The van der Waals surface area contributed by atoms with Crippen LogP contribution in [0.25, 0.3) is 0 Å². The minimum Gasteiger partial charge on any atom is -0.381 e. The van der Waals surface area contributed by atoms with Crippen LogP contribution in [0.5, 0.6) is 0 Å². The molecule has 2 heterocycles. The number of ether oxygens (including phenoxy) is 2. The Bertz CT molecular complexity index is 411. The highest BCUT2D eigenvalue weighted by molar-refractivity contribution is 5.80. The van der Waals surface area contributed by atoms with E-state index in [4.69, 9.17) is 14.5 Å². The molecule has 2 aliphatic heterocycles. The summed E-state index contributed by atoms with van der Waals surface area (Å²) in [6.45, 7) is 7.69. The molecule has 0 amide bonds. The van der Waals surface area contributed by atoms with Crippen LogP contribution in [0.4, 0.5) is 0 Å². The fraction of sp³-hybridized carbons (Fsp3) is 0.944. The van der Waals surface area contributed by atoms with E-state index >= 15 is 0 Å². The van der Waals surface area contributed by atoms with Crippen molar-refractivity contribution in [3.63, 3.8) is 0 Å². The van der Waals surface area contributed by atoms with Crippen LogP contribution in [-0.4, -0.2) is 75.0 Å². The summed E-state index contributed by atoms with van der Waals surface area (Å²) in [5.74, 6) is 0.935. The van der Waals surface area contributed by atoms with Crippen molar-refractivity contribution < 1.29 is 9.47 Å². The van der Waals surface area contributed by atoms with Crippen LogP contribution < -0.4 is 10.6 Å². The number of guanidine groups is 1. The average Bonchev–Trinajstić information content (AvgIpc) is 3.46. The zero-order valence-corrected chi connectivity index (χ0v) is 15.4. The molecule has 0 aromatic rings. The third kappa shape index (κ3) is 4.83. The maximum atomic E-state index is 5.80. The number of rotatable bonds is 6. The molecule has 3 fully saturated rings. The molecule has 0 bridgehead atoms. The van der Waals surface area contributed by atoms with Crippen LogP contribution in [0.2, 0.25) is 0 Å². The Morgan fingerprint density at radius 1 is 1.21 bits per heavy atom. The molecule has 138 valence electrons. The van der Waals surface area contributed by atoms with Crippen LogP contribution in [0.3, 0.4) is 0 Å². The van der Waals surface area contributed by atoms with Gasteiger partial charge in [-0.15, -0.1) is 0 Å². The molecule has 0 radical (unpaired) electrons. The average molecular weight is 338 g/mol. The maximum Gasteiger partial charge on any atom is 0.191 e. The number of piperidine rings is 1. The van der Waals surface area contributed by atoms with Crippen molar-refractivity contribution in [2.45, 2.75) is 63.1 Å². The molecular formula is C18H34N4O2. The molecule has 1 saturated carbocycles. The number of aliphatic imine (C=N–C) groups is 1. The summed E-state index contributed by atoms with van der Waals surface area (Å²) in [5, 5.41) is 7.04. The Morgan fingerprint density at radius 2 is 1.92 bits per heavy atom. The lowest BCUT2D eigenvalue weighted by Crippen LogP contribution is -2.50. The maximum absolute atomic E-state index is 5.80. The number of nitrogens with one attached hydrogen (secondary N) is 2. The van der Waals surface area contributed by atoms with Crippen molar-refractivity contribution in [1.82, 2.24) is 15.5 Å². The highest BCUT2D eigenvalue weighted by Gasteiger charge is 2.33. The fourth-order valence-corrected chi connectivity index (χ4v) is 3.76. The van der Waals surface area contributed by atoms with E-state index in [1.807, 2.05) is 0 Å². The van der Waals surface area contributed by atoms with E-state index < -0.39 is 0 Å². The van der Waals surface area contributed by atoms with E-state index in [-0.39, 0.29) is 5.60 Å². The first-order valence-corrected chi connectivity index (χ1v) is 9.66. The molecule has 3 rings (SSSR count). The zero-order valence-electron chi connectivity index (χ0n) is 15.4. The monoisotopic (exact) mass is 338 g/mol. The molecule has 1 aliphatic carbocycles. The lowest BCUT2D eigenvalue weighted by atomic mass is 9.94. The molecule has 0 unspecified atom stereocenters. The zero-order chi connectivity index (χ0) is 16.8. The molecule has 0 spiro atoms. The minimum absolute atomic E-state index is 0.157. The Balaban J connectivity index is 1.51. The van der Waals surface area contributed by atoms with Gasteiger partial charge in [-0.3, -0.25) is 4.99 Å². The summed E-state index contributed by atoms with van der Waals surface area (Å²) < 4.78 is 11.3. The predicted octanol–water partition coefficient (Wildman–Crippen LogP) is 1.36. The minimum atomic E-state index is -0.157. The van der Waals surface area contributed by atoms with Crippen molar-refractivity contribution in [2.75, 3.05) is 46.5 Å². The predicted molar refractivity (Wildman–Crippen MR) is 96.5 cm³/mol. The molecule has 0 aromatic heterocycles. The molecule has 6 nitrogen and oxygen atoms in total. The van der Waals surface area contributed by atoms with Crippen molar-refractivity contribution in [2.24, 2.45) is 4.99 Å². The second-order valence-electron chi connectivity index (χ2n) is 7.38. The lowest BCUT2D eigenvalue weighted by molar-refractivity contribution is -0.0828. The van der Waals surface area contributed by atoms with Crippen LogP contribution in [0.1, 0.15) is 45.4 Å². The Morgan fingerprint density at radius 3 is 2.50 bits per heavy atom. The quantitative estimate of drug-likeness (QED) is 0.566. The number of hydrogen-bond donors (Lipinski definition) is 2. The number of hydrogen-bond acceptors (Lipinski definition) is 4. The van der Waals surface area contributed by atoms with E-state index in [9.17, 15) is 0 Å². The molecule has 3 aliphatic rings. The van der Waals surface area contributed by atoms with E-state index in [0.717, 1.165) is 44.6 Å². The number of nitrogens with zero attached hydrogens (tertiary/aromatic N) is 2. The van der Waals surface area contributed by atoms with Gasteiger partial charge in [-0.1, -0.05) is 0 Å². The van der Waals surface area contributed by atoms with Gasteiger partial charge in [0.1, 0.15) is 0 Å². The van der Waals surface area contributed by atoms with Crippen molar-refractivity contribution in [1.29, 1.82) is 0 Å². The first kappa shape index (κ1) is 18.0. The lowest BCUT2D eigenvalue weighted by Gasteiger charge is -2.35. The van der Waals surface area contributed by atoms with Crippen LogP contribution in [0, 0.1) is 0 Å². The number of methoxy groups -OCH3 is 1. The Labute approximate surface area is 146 Å². The van der Waals surface area contributed by atoms with Gasteiger partial charge in [0.15, 0.2) is 5.96 Å². The first-order chi connectivity index (χ1) is 11.7. The Hall–Kier alpha value is -0.850. The summed E-state index contributed by atoms with van der Waals surface area (Å²) in [4.78, 5) is 7.50. The van der Waals surface area contributed by atoms with Gasteiger partial charge < -0.3 is 25.0 Å². The van der Waals surface area contributed by atoms with E-state index in [0.29, 0.717) is 12.6 Å². The van der Waals surface area contributed by atoms with Gasteiger partial charge in [0.05, 0.1) is 12.1 Å². The molecule has 0 aromatic carbocycles. The molecular weight excluding hydrogens is 304 g/mol. The van der Waals surface area contributed by atoms with Gasteiger partial charge in [0.2, 0.25) is 0 Å². The smallest absolute Gasteiger partial charge is 0.191 e. The third-order valence-corrected chi connectivity index (χ3v) is 5.64. The summed E-state index contributed by atoms with van der Waals surface area (Å²) in [6, 6.07) is 1.42. The Kier molecular flexibility index (Phi) is 6.36. The first-order valence-electron chi connectivity index (χ1n) is 9.66. The molecule has 6 heteroatoms. The van der Waals surface area contributed by atoms with Crippen LogP contribution in [0.15, 0.2) is 4.99 Å². The summed E-state index contributed by atoms with van der Waals surface area (Å²) >= 11 is 0. The van der Waals surface area contributed by atoms with Crippen LogP contribution in [-0.2, 0) is 9.47 Å². The van der Waals surface area contributed by atoms with Crippen molar-refractivity contribution >= 4 is 5.96 Å². The van der Waals surface area contributed by atoms with Crippen molar-refractivity contribution in [3.05, 3.63) is 0 Å². The largest absolute Gasteiger partial charge is 0.381 e. The van der Waals surface area contributed by atoms with Gasteiger partial charge in [0.25, 0.3) is 0 Å². The SMILES string of the molecule is CCNC(=NCC1(OC)CCOCC1)NC1CCN(C2CC2)CC1. The molecule has 24 heavy (non-hydrogen) atoms. The third-order valence-electron chi connectivity index (χ3n) is 5.64. The van der Waals surface area contributed by atoms with E-state index in [2.05, 4.69) is 22.5 Å². The molecule has 2 saturated heterocycles. The summed E-state index contributed by atoms with van der Waals surface area (Å²) in [6.07, 6.45) is 7.09. The van der Waals surface area contributed by atoms with Crippen LogP contribution >= 0.6 is 0 Å². The molecule has 0 atom stereocenters. The second kappa shape index (κ2) is 8.50.